The van der Waals surface area contributed by atoms with E-state index < -0.39 is 5.97 Å². The van der Waals surface area contributed by atoms with Crippen molar-refractivity contribution in [3.63, 3.8) is 0 Å². The average molecular weight is 502 g/mol. The summed E-state index contributed by atoms with van der Waals surface area (Å²) >= 11 is 0. The van der Waals surface area contributed by atoms with Crippen LogP contribution in [-0.2, 0) is 12.0 Å². The SMILES string of the molecule is CC1CCC(Cn2c(C3(c4ccccc4)CCC3)nc3nc(C(=O)O)nc(N[C@H](C)C4CCC4)c32)CC1. The van der Waals surface area contributed by atoms with Crippen LogP contribution in [0, 0.1) is 17.8 Å². The van der Waals surface area contributed by atoms with Gasteiger partial charge in [-0.1, -0.05) is 62.9 Å². The van der Waals surface area contributed by atoms with E-state index in [0.29, 0.717) is 23.3 Å². The van der Waals surface area contributed by atoms with Crippen LogP contribution in [0.2, 0.25) is 0 Å². The van der Waals surface area contributed by atoms with Crippen molar-refractivity contribution >= 4 is 23.0 Å². The fraction of sp³-hybridized carbons (Fsp3) is 0.600. The first-order valence-electron chi connectivity index (χ1n) is 14.3. The minimum atomic E-state index is -1.11. The molecule has 3 aliphatic rings. The molecule has 3 saturated carbocycles. The molecule has 0 saturated heterocycles. The van der Waals surface area contributed by atoms with Crippen LogP contribution in [0.5, 0.6) is 0 Å². The number of anilines is 1. The van der Waals surface area contributed by atoms with Gasteiger partial charge in [0.05, 0.1) is 5.41 Å². The summed E-state index contributed by atoms with van der Waals surface area (Å²) in [5.41, 5.74) is 2.52. The molecule has 1 atom stereocenters. The van der Waals surface area contributed by atoms with Crippen molar-refractivity contribution in [1.82, 2.24) is 19.5 Å². The van der Waals surface area contributed by atoms with Crippen molar-refractivity contribution in [1.29, 1.82) is 0 Å². The quantitative estimate of drug-likeness (QED) is 0.370. The molecule has 3 aromatic rings. The minimum absolute atomic E-state index is 0.163. The molecule has 37 heavy (non-hydrogen) atoms. The highest BCUT2D eigenvalue weighted by Crippen LogP contribution is 2.50. The number of carbonyl (C=O) groups is 1. The van der Waals surface area contributed by atoms with E-state index in [4.69, 9.17) is 4.98 Å². The van der Waals surface area contributed by atoms with Gasteiger partial charge in [0.25, 0.3) is 0 Å². The Bertz CT molecular complexity index is 1270. The van der Waals surface area contributed by atoms with E-state index in [1.807, 2.05) is 0 Å². The molecule has 0 aliphatic heterocycles. The molecule has 6 rings (SSSR count). The Labute approximate surface area is 219 Å². The second-order valence-electron chi connectivity index (χ2n) is 12.0. The summed E-state index contributed by atoms with van der Waals surface area (Å²) in [5, 5.41) is 13.5. The first-order valence-corrected chi connectivity index (χ1v) is 14.3. The average Bonchev–Trinajstić information content (AvgIpc) is 3.18. The molecule has 1 aromatic carbocycles. The summed E-state index contributed by atoms with van der Waals surface area (Å²) in [5.74, 6) is 2.34. The Morgan fingerprint density at radius 3 is 2.38 bits per heavy atom. The predicted molar refractivity (Wildman–Crippen MR) is 145 cm³/mol. The van der Waals surface area contributed by atoms with E-state index >= 15 is 0 Å². The number of carboxylic acids is 1. The lowest BCUT2D eigenvalue weighted by Crippen LogP contribution is -2.39. The topological polar surface area (TPSA) is 92.9 Å². The largest absolute Gasteiger partial charge is 0.475 e. The van der Waals surface area contributed by atoms with Gasteiger partial charge < -0.3 is 15.0 Å². The van der Waals surface area contributed by atoms with Gasteiger partial charge in [-0.25, -0.2) is 19.7 Å². The number of nitrogens with one attached hydrogen (secondary N) is 1. The van der Waals surface area contributed by atoms with Crippen LogP contribution in [0.25, 0.3) is 11.2 Å². The number of carboxylic acid groups (broad SMARTS) is 1. The standard InChI is InChI=1S/C30H39N5O2/c1-19-12-14-21(15-13-19)18-35-24-25(31-20(2)22-8-6-9-22)32-27(28(36)37)33-26(24)34-29(35)30(16-7-17-30)23-10-4-3-5-11-23/h3-5,10-11,19-22H,6-9,12-18H2,1-2H3,(H,36,37)(H,31,32,33)/t19?,20-,21?/m1/s1. The monoisotopic (exact) mass is 501 g/mol. The van der Waals surface area contributed by atoms with E-state index in [2.05, 4.69) is 64.0 Å². The zero-order valence-corrected chi connectivity index (χ0v) is 22.1. The second kappa shape index (κ2) is 9.73. The van der Waals surface area contributed by atoms with Gasteiger partial charge in [0.2, 0.25) is 5.82 Å². The Balaban J connectivity index is 1.51. The molecule has 0 spiro atoms. The highest BCUT2D eigenvalue weighted by molar-refractivity contribution is 5.91. The smallest absolute Gasteiger partial charge is 0.374 e. The van der Waals surface area contributed by atoms with Crippen LogP contribution in [0.3, 0.4) is 0 Å². The molecule has 7 heteroatoms. The van der Waals surface area contributed by atoms with Gasteiger partial charge >= 0.3 is 5.97 Å². The van der Waals surface area contributed by atoms with Gasteiger partial charge in [0, 0.05) is 12.6 Å². The second-order valence-corrected chi connectivity index (χ2v) is 12.0. The molecule has 196 valence electrons. The van der Waals surface area contributed by atoms with Crippen molar-refractivity contribution in [2.45, 2.75) is 96.1 Å². The number of hydrogen-bond donors (Lipinski definition) is 2. The third kappa shape index (κ3) is 4.40. The van der Waals surface area contributed by atoms with E-state index in [1.165, 1.54) is 50.5 Å². The molecule has 0 bridgehead atoms. The number of hydrogen-bond acceptors (Lipinski definition) is 5. The van der Waals surface area contributed by atoms with Crippen LogP contribution in [0.15, 0.2) is 30.3 Å². The van der Waals surface area contributed by atoms with Crippen LogP contribution in [0.4, 0.5) is 5.82 Å². The molecule has 0 unspecified atom stereocenters. The van der Waals surface area contributed by atoms with Crippen LogP contribution < -0.4 is 5.32 Å². The molecule has 3 fully saturated rings. The summed E-state index contributed by atoms with van der Waals surface area (Å²) < 4.78 is 2.39. The van der Waals surface area contributed by atoms with Gasteiger partial charge in [-0.05, 0) is 68.8 Å². The van der Waals surface area contributed by atoms with Gasteiger partial charge in [-0.3, -0.25) is 0 Å². The van der Waals surface area contributed by atoms with Crippen molar-refractivity contribution in [2.24, 2.45) is 17.8 Å². The fourth-order valence-electron chi connectivity index (χ4n) is 6.75. The maximum atomic E-state index is 12.0. The molecule has 3 aliphatic carbocycles. The first kappa shape index (κ1) is 24.4. The van der Waals surface area contributed by atoms with Gasteiger partial charge in [0.1, 0.15) is 11.3 Å². The normalized spacial score (nSPS) is 24.3. The maximum Gasteiger partial charge on any atom is 0.374 e. The van der Waals surface area contributed by atoms with E-state index in [0.717, 1.165) is 43.1 Å². The van der Waals surface area contributed by atoms with E-state index in [1.54, 1.807) is 0 Å². The summed E-state index contributed by atoms with van der Waals surface area (Å²) in [6.45, 7) is 5.44. The Morgan fingerprint density at radius 1 is 1.05 bits per heavy atom. The molecule has 0 radical (unpaired) electrons. The number of imidazole rings is 1. The van der Waals surface area contributed by atoms with Gasteiger partial charge in [0.15, 0.2) is 11.5 Å². The lowest BCUT2D eigenvalue weighted by atomic mass is 9.63. The summed E-state index contributed by atoms with van der Waals surface area (Å²) in [7, 11) is 0. The van der Waals surface area contributed by atoms with Crippen molar-refractivity contribution < 1.29 is 9.90 Å². The van der Waals surface area contributed by atoms with Crippen LogP contribution in [0.1, 0.15) is 100 Å². The number of rotatable bonds is 8. The molecule has 2 aromatic heterocycles. The lowest BCUT2D eigenvalue weighted by Gasteiger charge is -2.42. The molecule has 2 N–H and O–H groups in total. The Kier molecular flexibility index (Phi) is 6.41. The molecular weight excluding hydrogens is 462 g/mol. The van der Waals surface area contributed by atoms with Crippen molar-refractivity contribution in [3.05, 3.63) is 47.5 Å². The number of fused-ring (bicyclic) bond motifs is 1. The first-order chi connectivity index (χ1) is 17.9. The summed E-state index contributed by atoms with van der Waals surface area (Å²) in [4.78, 5) is 26.3. The Hall–Kier alpha value is -2.96. The lowest BCUT2D eigenvalue weighted by molar-refractivity contribution is 0.0684. The minimum Gasteiger partial charge on any atom is -0.475 e. The third-order valence-corrected chi connectivity index (χ3v) is 9.55. The van der Waals surface area contributed by atoms with Crippen LogP contribution in [-0.4, -0.2) is 36.6 Å². The molecular formula is C30H39N5O2. The number of nitrogens with zero attached hydrogens (tertiary/aromatic N) is 4. The van der Waals surface area contributed by atoms with Crippen LogP contribution >= 0.6 is 0 Å². The summed E-state index contributed by atoms with van der Waals surface area (Å²) in [6, 6.07) is 11.0. The number of benzene rings is 1. The molecule has 2 heterocycles. The zero-order chi connectivity index (χ0) is 25.6. The van der Waals surface area contributed by atoms with E-state index in [-0.39, 0.29) is 17.3 Å². The van der Waals surface area contributed by atoms with Gasteiger partial charge in [-0.15, -0.1) is 0 Å². The number of aromatic nitrogens is 4. The highest BCUT2D eigenvalue weighted by Gasteiger charge is 2.45. The molecule has 7 nitrogen and oxygen atoms in total. The maximum absolute atomic E-state index is 12.0. The predicted octanol–water partition coefficient (Wildman–Crippen LogP) is 6.42. The third-order valence-electron chi connectivity index (χ3n) is 9.55. The van der Waals surface area contributed by atoms with Gasteiger partial charge in [-0.2, -0.15) is 0 Å². The summed E-state index contributed by atoms with van der Waals surface area (Å²) in [6.07, 6.45) is 11.9. The van der Waals surface area contributed by atoms with Crippen molar-refractivity contribution in [3.8, 4) is 0 Å². The highest BCUT2D eigenvalue weighted by atomic mass is 16.4. The zero-order valence-electron chi connectivity index (χ0n) is 22.1. The number of aromatic carboxylic acids is 1. The molecule has 0 amide bonds. The van der Waals surface area contributed by atoms with E-state index in [9.17, 15) is 9.90 Å². The Morgan fingerprint density at radius 2 is 1.78 bits per heavy atom. The van der Waals surface area contributed by atoms with Crippen molar-refractivity contribution in [2.75, 3.05) is 5.32 Å². The fourth-order valence-corrected chi connectivity index (χ4v) is 6.75.